The summed E-state index contributed by atoms with van der Waals surface area (Å²) in [6.07, 6.45) is 0.0154. The molecule has 0 radical (unpaired) electrons. The first-order chi connectivity index (χ1) is 8.66. The van der Waals surface area contributed by atoms with Gasteiger partial charge in [-0.05, 0) is 12.5 Å². The molecule has 1 aliphatic heterocycles. The molecule has 0 aromatic heterocycles. The monoisotopic (exact) mass is 246 g/mol. The van der Waals surface area contributed by atoms with Gasteiger partial charge in [0.15, 0.2) is 0 Å². The first kappa shape index (κ1) is 12.8. The Balaban J connectivity index is 2.01. The number of nitrogens with one attached hydrogen (secondary N) is 1. The molecule has 4 nitrogen and oxygen atoms in total. The van der Waals surface area contributed by atoms with Crippen molar-refractivity contribution < 1.29 is 9.59 Å². The average Bonchev–Trinajstić information content (AvgIpc) is 2.39. The molecular weight excluding hydrogens is 228 g/mol. The molecule has 1 atom stereocenters. The minimum absolute atomic E-state index is 0.0154. The van der Waals surface area contributed by atoms with Gasteiger partial charge in [-0.25, -0.2) is 0 Å². The summed E-state index contributed by atoms with van der Waals surface area (Å²) < 4.78 is 0. The molecule has 0 spiro atoms. The first-order valence-corrected chi connectivity index (χ1v) is 6.22. The van der Waals surface area contributed by atoms with Crippen LogP contribution in [0.1, 0.15) is 24.9 Å². The number of Topliss-reactive ketones (excluding diaryl/α,β-unsaturated/α-hetero) is 1. The number of carbonyl (C=O) groups is 2. The third-order valence-corrected chi connectivity index (χ3v) is 3.13. The second-order valence-corrected chi connectivity index (χ2v) is 4.64. The van der Waals surface area contributed by atoms with E-state index in [1.807, 2.05) is 18.2 Å². The van der Waals surface area contributed by atoms with Crippen LogP contribution in [-0.4, -0.2) is 36.2 Å². The Morgan fingerprint density at radius 3 is 2.72 bits per heavy atom. The molecule has 1 aromatic carbocycles. The van der Waals surface area contributed by atoms with Crippen LogP contribution in [-0.2, 0) is 9.59 Å². The van der Waals surface area contributed by atoms with Gasteiger partial charge in [-0.3, -0.25) is 9.59 Å². The minimum atomic E-state index is -0.0743. The molecule has 1 heterocycles. The van der Waals surface area contributed by atoms with E-state index in [-0.39, 0.29) is 24.2 Å². The lowest BCUT2D eigenvalue weighted by Crippen LogP contribution is -2.48. The van der Waals surface area contributed by atoms with Crippen molar-refractivity contribution in [2.45, 2.75) is 19.4 Å². The van der Waals surface area contributed by atoms with Gasteiger partial charge in [0.1, 0.15) is 5.78 Å². The Kier molecular flexibility index (Phi) is 4.10. The lowest BCUT2D eigenvalue weighted by Gasteiger charge is -2.34. The number of ketones is 1. The van der Waals surface area contributed by atoms with Gasteiger partial charge in [-0.15, -0.1) is 0 Å². The molecule has 1 aliphatic rings. The maximum Gasteiger partial charge on any atom is 0.230 e. The third-order valence-electron chi connectivity index (χ3n) is 3.13. The lowest BCUT2D eigenvalue weighted by molar-refractivity contribution is -0.135. The normalized spacial score (nSPS) is 19.6. The van der Waals surface area contributed by atoms with Crippen LogP contribution in [0.4, 0.5) is 0 Å². The zero-order valence-corrected chi connectivity index (χ0v) is 10.6. The van der Waals surface area contributed by atoms with Gasteiger partial charge in [0.25, 0.3) is 0 Å². The minimum Gasteiger partial charge on any atom is -0.339 e. The predicted octanol–water partition coefficient (Wildman–Crippen LogP) is 1.14. The molecular formula is C14H18N2O2. The van der Waals surface area contributed by atoms with Crippen LogP contribution in [0, 0.1) is 0 Å². The Labute approximate surface area is 107 Å². The Morgan fingerprint density at radius 2 is 2.06 bits per heavy atom. The number of piperazine rings is 1. The highest BCUT2D eigenvalue weighted by Crippen LogP contribution is 2.17. The van der Waals surface area contributed by atoms with Crippen LogP contribution < -0.4 is 5.32 Å². The molecule has 96 valence electrons. The van der Waals surface area contributed by atoms with Crippen molar-refractivity contribution >= 4 is 11.7 Å². The van der Waals surface area contributed by atoms with Crippen molar-refractivity contribution in [1.29, 1.82) is 0 Å². The highest BCUT2D eigenvalue weighted by atomic mass is 16.2. The molecule has 0 aliphatic carbocycles. The summed E-state index contributed by atoms with van der Waals surface area (Å²) in [5.41, 5.74) is 1.18. The molecule has 1 unspecified atom stereocenters. The van der Waals surface area contributed by atoms with Gasteiger partial charge in [0, 0.05) is 25.7 Å². The molecule has 2 rings (SSSR count). The second kappa shape index (κ2) is 5.78. The second-order valence-electron chi connectivity index (χ2n) is 4.64. The molecule has 1 N–H and O–H groups in total. The molecule has 18 heavy (non-hydrogen) atoms. The van der Waals surface area contributed by atoms with E-state index in [9.17, 15) is 9.59 Å². The van der Waals surface area contributed by atoms with E-state index in [1.165, 1.54) is 12.5 Å². The molecule has 1 aromatic rings. The summed E-state index contributed by atoms with van der Waals surface area (Å²) in [6, 6.07) is 10.2. The molecule has 0 saturated carbocycles. The molecule has 0 bridgehead atoms. The van der Waals surface area contributed by atoms with E-state index in [0.29, 0.717) is 13.1 Å². The van der Waals surface area contributed by atoms with Crippen molar-refractivity contribution in [3.63, 3.8) is 0 Å². The van der Waals surface area contributed by atoms with E-state index < -0.39 is 0 Å². The van der Waals surface area contributed by atoms with Crippen LogP contribution in [0.2, 0.25) is 0 Å². The lowest BCUT2D eigenvalue weighted by atomic mass is 10.0. The number of hydrogen-bond donors (Lipinski definition) is 1. The first-order valence-electron chi connectivity index (χ1n) is 6.22. The van der Waals surface area contributed by atoms with Crippen LogP contribution >= 0.6 is 0 Å². The number of nitrogens with zero attached hydrogens (tertiary/aromatic N) is 1. The van der Waals surface area contributed by atoms with Crippen LogP contribution in [0.25, 0.3) is 0 Å². The van der Waals surface area contributed by atoms with E-state index in [1.54, 1.807) is 4.90 Å². The van der Waals surface area contributed by atoms with Crippen LogP contribution in [0.3, 0.4) is 0 Å². The largest absolute Gasteiger partial charge is 0.339 e. The highest BCUT2D eigenvalue weighted by Gasteiger charge is 2.24. The Hall–Kier alpha value is -1.68. The summed E-state index contributed by atoms with van der Waals surface area (Å²) in [7, 11) is 0. The van der Waals surface area contributed by atoms with Crippen molar-refractivity contribution in [3.8, 4) is 0 Å². The van der Waals surface area contributed by atoms with Crippen molar-refractivity contribution in [3.05, 3.63) is 35.9 Å². The molecule has 1 fully saturated rings. The molecule has 1 amide bonds. The van der Waals surface area contributed by atoms with Crippen LogP contribution in [0.15, 0.2) is 30.3 Å². The SMILES string of the molecule is CC(=O)CC(=O)N1CCNC(c2ccccc2)C1. The number of carbonyl (C=O) groups excluding carboxylic acids is 2. The third kappa shape index (κ3) is 3.17. The summed E-state index contributed by atoms with van der Waals surface area (Å²) in [5.74, 6) is -0.139. The van der Waals surface area contributed by atoms with Gasteiger partial charge >= 0.3 is 0 Å². The van der Waals surface area contributed by atoms with Gasteiger partial charge in [-0.1, -0.05) is 30.3 Å². The highest BCUT2D eigenvalue weighted by molar-refractivity contribution is 5.96. The predicted molar refractivity (Wildman–Crippen MR) is 69.1 cm³/mol. The zero-order chi connectivity index (χ0) is 13.0. The Morgan fingerprint density at radius 1 is 1.33 bits per heavy atom. The summed E-state index contributed by atoms with van der Waals surface area (Å²) in [5, 5.41) is 3.39. The van der Waals surface area contributed by atoms with Gasteiger partial charge in [-0.2, -0.15) is 0 Å². The zero-order valence-electron chi connectivity index (χ0n) is 10.6. The van der Waals surface area contributed by atoms with Crippen molar-refractivity contribution in [1.82, 2.24) is 10.2 Å². The van der Waals surface area contributed by atoms with Crippen molar-refractivity contribution in [2.75, 3.05) is 19.6 Å². The number of amides is 1. The topological polar surface area (TPSA) is 49.4 Å². The Bertz CT molecular complexity index is 431. The van der Waals surface area contributed by atoms with Gasteiger partial charge < -0.3 is 10.2 Å². The van der Waals surface area contributed by atoms with Crippen molar-refractivity contribution in [2.24, 2.45) is 0 Å². The van der Waals surface area contributed by atoms with Gasteiger partial charge in [0.2, 0.25) is 5.91 Å². The average molecular weight is 246 g/mol. The fourth-order valence-corrected chi connectivity index (χ4v) is 2.21. The fourth-order valence-electron chi connectivity index (χ4n) is 2.21. The fraction of sp³-hybridized carbons (Fsp3) is 0.429. The quantitative estimate of drug-likeness (QED) is 0.814. The smallest absolute Gasteiger partial charge is 0.230 e. The number of benzene rings is 1. The maximum atomic E-state index is 11.9. The van der Waals surface area contributed by atoms with E-state index in [2.05, 4.69) is 17.4 Å². The van der Waals surface area contributed by atoms with E-state index in [4.69, 9.17) is 0 Å². The van der Waals surface area contributed by atoms with Gasteiger partial charge in [0.05, 0.1) is 6.42 Å². The maximum absolute atomic E-state index is 11.9. The summed E-state index contributed by atoms with van der Waals surface area (Å²) >= 11 is 0. The van der Waals surface area contributed by atoms with E-state index >= 15 is 0 Å². The molecule has 4 heteroatoms. The summed E-state index contributed by atoms with van der Waals surface area (Å²) in [4.78, 5) is 24.6. The summed E-state index contributed by atoms with van der Waals surface area (Å²) in [6.45, 7) is 3.53. The van der Waals surface area contributed by atoms with Crippen LogP contribution in [0.5, 0.6) is 0 Å². The number of rotatable bonds is 3. The molecule has 1 saturated heterocycles. The number of hydrogen-bond acceptors (Lipinski definition) is 3. The standard InChI is InChI=1S/C14H18N2O2/c1-11(17)9-14(18)16-8-7-15-13(10-16)12-5-3-2-4-6-12/h2-6,13,15H,7-10H2,1H3. The van der Waals surface area contributed by atoms with E-state index in [0.717, 1.165) is 6.54 Å².